The number of hydrogen-bond acceptors (Lipinski definition) is 7. The first-order chi connectivity index (χ1) is 9.56. The Balaban J connectivity index is 2.15. The van der Waals surface area contributed by atoms with E-state index in [0.29, 0.717) is 20.5 Å². The molecule has 0 aliphatic carbocycles. The van der Waals surface area contributed by atoms with E-state index in [0.717, 1.165) is 0 Å². The number of non-ortho nitro benzene ring substituents is 1. The number of nitro benzene ring substituents is 1. The van der Waals surface area contributed by atoms with Crippen molar-refractivity contribution in [3.05, 3.63) is 34.6 Å². The van der Waals surface area contributed by atoms with Crippen LogP contribution in [0.3, 0.4) is 0 Å². The van der Waals surface area contributed by atoms with E-state index >= 15 is 0 Å². The first-order valence-electron chi connectivity index (χ1n) is 5.35. The van der Waals surface area contributed by atoms with E-state index in [2.05, 4.69) is 15.2 Å². The van der Waals surface area contributed by atoms with Gasteiger partial charge in [-0.1, -0.05) is 11.3 Å². The SMILES string of the molecule is CS(=O)c1nncn1-c1nc2ccc([N+](=O)[O-])cc2s1. The molecule has 1 aromatic carbocycles. The van der Waals surface area contributed by atoms with Crippen LogP contribution in [-0.4, -0.2) is 35.1 Å². The van der Waals surface area contributed by atoms with Gasteiger partial charge in [-0.3, -0.25) is 14.3 Å². The van der Waals surface area contributed by atoms with Gasteiger partial charge in [-0.25, -0.2) is 9.55 Å². The lowest BCUT2D eigenvalue weighted by molar-refractivity contribution is -0.384. The van der Waals surface area contributed by atoms with Crippen LogP contribution in [0.2, 0.25) is 0 Å². The Morgan fingerprint density at radius 1 is 1.45 bits per heavy atom. The fraction of sp³-hybridized carbons (Fsp3) is 0.100. The predicted octanol–water partition coefficient (Wildman–Crippen LogP) is 1.52. The number of nitro groups is 1. The van der Waals surface area contributed by atoms with E-state index < -0.39 is 15.7 Å². The highest BCUT2D eigenvalue weighted by Gasteiger charge is 2.15. The summed E-state index contributed by atoms with van der Waals surface area (Å²) < 4.78 is 13.7. The van der Waals surface area contributed by atoms with E-state index in [9.17, 15) is 14.3 Å². The molecule has 0 N–H and O–H groups in total. The minimum absolute atomic E-state index is 0.00995. The third kappa shape index (κ3) is 2.08. The molecule has 10 heteroatoms. The normalized spacial score (nSPS) is 12.7. The van der Waals surface area contributed by atoms with Crippen LogP contribution in [0, 0.1) is 10.1 Å². The van der Waals surface area contributed by atoms with E-state index in [1.54, 1.807) is 6.07 Å². The van der Waals surface area contributed by atoms with Crippen LogP contribution in [0.5, 0.6) is 0 Å². The largest absolute Gasteiger partial charge is 0.270 e. The van der Waals surface area contributed by atoms with Gasteiger partial charge in [-0.15, -0.1) is 10.2 Å². The Hall–Kier alpha value is -2.20. The molecule has 0 radical (unpaired) electrons. The van der Waals surface area contributed by atoms with Gasteiger partial charge in [-0.2, -0.15) is 0 Å². The fourth-order valence-corrected chi connectivity index (χ4v) is 3.27. The van der Waals surface area contributed by atoms with Crippen LogP contribution >= 0.6 is 11.3 Å². The highest BCUT2D eigenvalue weighted by Crippen LogP contribution is 2.28. The van der Waals surface area contributed by atoms with Crippen LogP contribution in [0.25, 0.3) is 15.3 Å². The van der Waals surface area contributed by atoms with Crippen molar-refractivity contribution in [3.63, 3.8) is 0 Å². The maximum atomic E-state index is 11.5. The molecule has 2 heterocycles. The van der Waals surface area contributed by atoms with Crippen molar-refractivity contribution < 1.29 is 9.13 Å². The first kappa shape index (κ1) is 12.8. The van der Waals surface area contributed by atoms with Gasteiger partial charge in [0.25, 0.3) is 5.69 Å². The standard InChI is InChI=1S/C10H7N5O3S2/c1-20(18)10-13-11-5-14(10)9-12-7-3-2-6(15(16)17)4-8(7)19-9/h2-5H,1H3. The molecule has 0 amide bonds. The quantitative estimate of drug-likeness (QED) is 0.536. The number of hydrogen-bond donors (Lipinski definition) is 0. The summed E-state index contributed by atoms with van der Waals surface area (Å²) in [6.07, 6.45) is 2.92. The van der Waals surface area contributed by atoms with Gasteiger partial charge in [0.05, 0.1) is 25.9 Å². The summed E-state index contributed by atoms with van der Waals surface area (Å²) in [5.74, 6) is 0. The Labute approximate surface area is 118 Å². The average molecular weight is 309 g/mol. The van der Waals surface area contributed by atoms with Gasteiger partial charge in [0.15, 0.2) is 5.13 Å². The van der Waals surface area contributed by atoms with E-state index in [1.165, 1.54) is 40.6 Å². The lowest BCUT2D eigenvalue weighted by Crippen LogP contribution is -2.01. The zero-order chi connectivity index (χ0) is 14.3. The molecule has 3 aromatic rings. The molecule has 0 saturated heterocycles. The third-order valence-electron chi connectivity index (χ3n) is 2.55. The molecule has 2 aromatic heterocycles. The summed E-state index contributed by atoms with van der Waals surface area (Å²) in [4.78, 5) is 14.6. The molecule has 1 unspecified atom stereocenters. The second-order valence-corrected chi connectivity index (χ2v) is 6.13. The zero-order valence-electron chi connectivity index (χ0n) is 10.1. The lowest BCUT2D eigenvalue weighted by atomic mass is 10.3. The second kappa shape index (κ2) is 4.72. The summed E-state index contributed by atoms with van der Waals surface area (Å²) in [5.41, 5.74) is 0.646. The van der Waals surface area contributed by atoms with Crippen LogP contribution in [0.4, 0.5) is 5.69 Å². The average Bonchev–Trinajstić information content (AvgIpc) is 3.03. The molecule has 0 saturated carbocycles. The van der Waals surface area contributed by atoms with Gasteiger partial charge in [-0.05, 0) is 6.07 Å². The third-order valence-corrected chi connectivity index (χ3v) is 4.36. The van der Waals surface area contributed by atoms with Gasteiger partial charge in [0.1, 0.15) is 6.33 Å². The minimum atomic E-state index is -1.30. The molecule has 8 nitrogen and oxygen atoms in total. The topological polar surface area (TPSA) is 104 Å². The highest BCUT2D eigenvalue weighted by molar-refractivity contribution is 7.84. The predicted molar refractivity (Wildman–Crippen MR) is 73.5 cm³/mol. The molecule has 1 atom stereocenters. The molecule has 0 fully saturated rings. The van der Waals surface area contributed by atoms with E-state index in [4.69, 9.17) is 0 Å². The van der Waals surface area contributed by atoms with Crippen LogP contribution in [-0.2, 0) is 10.8 Å². The van der Waals surface area contributed by atoms with Gasteiger partial charge in [0.2, 0.25) is 5.16 Å². The van der Waals surface area contributed by atoms with Gasteiger partial charge < -0.3 is 0 Å². The van der Waals surface area contributed by atoms with Crippen molar-refractivity contribution in [2.75, 3.05) is 6.26 Å². The minimum Gasteiger partial charge on any atom is -0.258 e. The summed E-state index contributed by atoms with van der Waals surface area (Å²) >= 11 is 1.25. The number of thiazole rings is 1. The zero-order valence-corrected chi connectivity index (χ0v) is 11.7. The summed E-state index contributed by atoms with van der Waals surface area (Å²) in [5, 5.41) is 19.1. The fourth-order valence-electron chi connectivity index (χ4n) is 1.67. The molecule has 0 bridgehead atoms. The van der Waals surface area contributed by atoms with Gasteiger partial charge >= 0.3 is 0 Å². The molecule has 0 aliphatic heterocycles. The summed E-state index contributed by atoms with van der Waals surface area (Å²) in [7, 11) is -1.30. The van der Waals surface area contributed by atoms with Crippen LogP contribution in [0.15, 0.2) is 29.7 Å². The van der Waals surface area contributed by atoms with Crippen molar-refractivity contribution >= 4 is 38.0 Å². The number of fused-ring (bicyclic) bond motifs is 1. The van der Waals surface area contributed by atoms with Crippen LogP contribution < -0.4 is 0 Å². The second-order valence-electron chi connectivity index (χ2n) is 3.84. The molecule has 3 rings (SSSR count). The molecular weight excluding hydrogens is 302 g/mol. The van der Waals surface area contributed by atoms with Crippen molar-refractivity contribution in [2.45, 2.75) is 5.16 Å². The van der Waals surface area contributed by atoms with E-state index in [1.807, 2.05) is 0 Å². The molecule has 20 heavy (non-hydrogen) atoms. The van der Waals surface area contributed by atoms with Crippen molar-refractivity contribution in [1.29, 1.82) is 0 Å². The Morgan fingerprint density at radius 3 is 2.95 bits per heavy atom. The Kier molecular flexibility index (Phi) is 3.03. The number of benzene rings is 1. The molecule has 102 valence electrons. The summed E-state index contributed by atoms with van der Waals surface area (Å²) in [6.45, 7) is 0. The van der Waals surface area contributed by atoms with Crippen molar-refractivity contribution in [3.8, 4) is 5.13 Å². The van der Waals surface area contributed by atoms with Gasteiger partial charge in [0, 0.05) is 18.4 Å². The summed E-state index contributed by atoms with van der Waals surface area (Å²) in [6, 6.07) is 4.45. The lowest BCUT2D eigenvalue weighted by Gasteiger charge is -1.97. The molecule has 0 aliphatic rings. The Bertz CT molecular complexity index is 840. The maximum absolute atomic E-state index is 11.5. The first-order valence-corrected chi connectivity index (χ1v) is 7.72. The number of nitrogens with zero attached hydrogens (tertiary/aromatic N) is 5. The van der Waals surface area contributed by atoms with Crippen molar-refractivity contribution in [1.82, 2.24) is 19.7 Å². The highest BCUT2D eigenvalue weighted by atomic mass is 32.2. The smallest absolute Gasteiger partial charge is 0.258 e. The monoisotopic (exact) mass is 309 g/mol. The Morgan fingerprint density at radius 2 is 2.25 bits per heavy atom. The number of rotatable bonds is 3. The van der Waals surface area contributed by atoms with Crippen LogP contribution in [0.1, 0.15) is 0 Å². The maximum Gasteiger partial charge on any atom is 0.270 e. The number of aromatic nitrogens is 4. The molecule has 0 spiro atoms. The van der Waals surface area contributed by atoms with Crippen molar-refractivity contribution in [2.24, 2.45) is 0 Å². The molecular formula is C10H7N5O3S2. The van der Waals surface area contributed by atoms with E-state index in [-0.39, 0.29) is 5.69 Å².